The van der Waals surface area contributed by atoms with Crippen LogP contribution in [0.3, 0.4) is 0 Å². The Bertz CT molecular complexity index is 594. The Morgan fingerprint density at radius 2 is 1.80 bits per heavy atom. The zero-order valence-electron chi connectivity index (χ0n) is 12.3. The van der Waals surface area contributed by atoms with Crippen molar-refractivity contribution in [3.8, 4) is 11.6 Å². The predicted molar refractivity (Wildman–Crippen MR) is 81.6 cm³/mol. The Morgan fingerprint density at radius 1 is 1.15 bits per heavy atom. The predicted octanol–water partition coefficient (Wildman–Crippen LogP) is 4.92. The van der Waals surface area contributed by atoms with Crippen LogP contribution in [-0.4, -0.2) is 9.97 Å². The molecule has 0 aliphatic rings. The Morgan fingerprint density at radius 3 is 2.40 bits per heavy atom. The molecule has 20 heavy (non-hydrogen) atoms. The van der Waals surface area contributed by atoms with Gasteiger partial charge in [-0.05, 0) is 36.5 Å². The van der Waals surface area contributed by atoms with Crippen molar-refractivity contribution in [3.63, 3.8) is 0 Å². The molecular weight excluding hydrogens is 272 g/mol. The summed E-state index contributed by atoms with van der Waals surface area (Å²) in [4.78, 5) is 8.02. The molecule has 3 nitrogen and oxygen atoms in total. The number of halogens is 1. The van der Waals surface area contributed by atoms with E-state index in [0.717, 1.165) is 17.7 Å². The quantitative estimate of drug-likeness (QED) is 0.750. The molecule has 2 rings (SSSR count). The summed E-state index contributed by atoms with van der Waals surface area (Å²) in [5.74, 6) is 1.24. The van der Waals surface area contributed by atoms with Crippen LogP contribution in [0.1, 0.15) is 38.3 Å². The van der Waals surface area contributed by atoms with Gasteiger partial charge in [-0.15, -0.1) is 0 Å². The molecule has 1 heterocycles. The van der Waals surface area contributed by atoms with Crippen LogP contribution in [-0.2, 0) is 5.41 Å². The molecule has 0 aliphatic heterocycles. The summed E-state index contributed by atoms with van der Waals surface area (Å²) < 4.78 is 5.76. The highest BCUT2D eigenvalue weighted by molar-refractivity contribution is 6.30. The van der Waals surface area contributed by atoms with Gasteiger partial charge in [-0.3, -0.25) is 0 Å². The highest BCUT2D eigenvalue weighted by Gasteiger charge is 2.17. The molecule has 1 aromatic heterocycles. The SMILES string of the molecule is CCC(C)(C)c1ccc(Oc2ncnc(Cl)c2C)cc1. The minimum absolute atomic E-state index is 0.173. The van der Waals surface area contributed by atoms with E-state index in [0.29, 0.717) is 11.0 Å². The van der Waals surface area contributed by atoms with Gasteiger partial charge < -0.3 is 4.74 Å². The van der Waals surface area contributed by atoms with Gasteiger partial charge in [0.2, 0.25) is 5.88 Å². The lowest BCUT2D eigenvalue weighted by atomic mass is 9.82. The van der Waals surface area contributed by atoms with Crippen LogP contribution < -0.4 is 4.74 Å². The number of hydrogen-bond donors (Lipinski definition) is 0. The first-order valence-electron chi connectivity index (χ1n) is 6.69. The second-order valence-corrected chi connectivity index (χ2v) is 5.82. The molecule has 1 aromatic carbocycles. The Labute approximate surface area is 125 Å². The number of rotatable bonds is 4. The molecule has 0 spiro atoms. The topological polar surface area (TPSA) is 35.0 Å². The second-order valence-electron chi connectivity index (χ2n) is 5.46. The largest absolute Gasteiger partial charge is 0.439 e. The zero-order valence-corrected chi connectivity index (χ0v) is 13.0. The van der Waals surface area contributed by atoms with E-state index in [-0.39, 0.29) is 5.41 Å². The molecule has 0 radical (unpaired) electrons. The molecular formula is C16H19ClN2O. The van der Waals surface area contributed by atoms with E-state index in [1.807, 2.05) is 19.1 Å². The average molecular weight is 291 g/mol. The lowest BCUT2D eigenvalue weighted by Gasteiger charge is -2.23. The van der Waals surface area contributed by atoms with Crippen molar-refractivity contribution in [1.29, 1.82) is 0 Å². The minimum atomic E-state index is 0.173. The lowest BCUT2D eigenvalue weighted by molar-refractivity contribution is 0.455. The van der Waals surface area contributed by atoms with Crippen molar-refractivity contribution in [2.45, 2.75) is 39.5 Å². The van der Waals surface area contributed by atoms with Crippen molar-refractivity contribution in [3.05, 3.63) is 46.9 Å². The van der Waals surface area contributed by atoms with E-state index >= 15 is 0 Å². The van der Waals surface area contributed by atoms with Crippen LogP contribution in [0, 0.1) is 6.92 Å². The third-order valence-corrected chi connectivity index (χ3v) is 4.09. The maximum Gasteiger partial charge on any atom is 0.226 e. The van der Waals surface area contributed by atoms with Gasteiger partial charge in [-0.1, -0.05) is 44.5 Å². The summed E-state index contributed by atoms with van der Waals surface area (Å²) in [7, 11) is 0. The zero-order chi connectivity index (χ0) is 14.8. The summed E-state index contributed by atoms with van der Waals surface area (Å²) in [5.41, 5.74) is 2.21. The maximum absolute atomic E-state index is 5.95. The number of hydrogen-bond acceptors (Lipinski definition) is 3. The minimum Gasteiger partial charge on any atom is -0.439 e. The summed E-state index contributed by atoms with van der Waals surface area (Å²) >= 11 is 5.95. The van der Waals surface area contributed by atoms with E-state index in [2.05, 4.69) is 42.9 Å². The number of nitrogens with zero attached hydrogens (tertiary/aromatic N) is 2. The fourth-order valence-corrected chi connectivity index (χ4v) is 1.93. The summed E-state index contributed by atoms with van der Waals surface area (Å²) in [5, 5.41) is 0.415. The van der Waals surface area contributed by atoms with Gasteiger partial charge >= 0.3 is 0 Å². The molecule has 2 aromatic rings. The first kappa shape index (κ1) is 14.8. The second kappa shape index (κ2) is 5.80. The van der Waals surface area contributed by atoms with Crippen LogP contribution in [0.5, 0.6) is 11.6 Å². The van der Waals surface area contributed by atoms with E-state index in [1.165, 1.54) is 11.9 Å². The van der Waals surface area contributed by atoms with Gasteiger partial charge in [0, 0.05) is 5.56 Å². The fourth-order valence-electron chi connectivity index (χ4n) is 1.81. The van der Waals surface area contributed by atoms with Gasteiger partial charge in [0.05, 0.1) is 0 Å². The summed E-state index contributed by atoms with van der Waals surface area (Å²) in [6, 6.07) is 8.11. The van der Waals surface area contributed by atoms with Crippen LogP contribution in [0.2, 0.25) is 5.15 Å². The molecule has 0 atom stereocenters. The fraction of sp³-hybridized carbons (Fsp3) is 0.375. The monoisotopic (exact) mass is 290 g/mol. The highest BCUT2D eigenvalue weighted by Crippen LogP contribution is 2.30. The van der Waals surface area contributed by atoms with Gasteiger partial charge in [0.25, 0.3) is 0 Å². The molecule has 0 amide bonds. The van der Waals surface area contributed by atoms with E-state index in [1.54, 1.807) is 0 Å². The third kappa shape index (κ3) is 3.10. The smallest absolute Gasteiger partial charge is 0.226 e. The number of ether oxygens (including phenoxy) is 1. The van der Waals surface area contributed by atoms with Crippen molar-refractivity contribution >= 4 is 11.6 Å². The Kier molecular flexibility index (Phi) is 4.29. The highest BCUT2D eigenvalue weighted by atomic mass is 35.5. The standard InChI is InChI=1S/C16H19ClN2O/c1-5-16(3,4)12-6-8-13(9-7-12)20-15-11(2)14(17)18-10-19-15/h6-10H,5H2,1-4H3. The number of aromatic nitrogens is 2. The molecule has 0 N–H and O–H groups in total. The van der Waals surface area contributed by atoms with E-state index in [9.17, 15) is 0 Å². The van der Waals surface area contributed by atoms with Gasteiger partial charge in [-0.2, -0.15) is 0 Å². The molecule has 106 valence electrons. The molecule has 0 bridgehead atoms. The van der Waals surface area contributed by atoms with Gasteiger partial charge in [0.15, 0.2) is 0 Å². The summed E-state index contributed by atoms with van der Waals surface area (Å²) in [6.45, 7) is 8.50. The van der Waals surface area contributed by atoms with Crippen molar-refractivity contribution in [2.75, 3.05) is 0 Å². The van der Waals surface area contributed by atoms with Crippen molar-refractivity contribution in [1.82, 2.24) is 9.97 Å². The summed E-state index contributed by atoms with van der Waals surface area (Å²) in [6.07, 6.45) is 2.49. The molecule has 0 saturated heterocycles. The van der Waals surface area contributed by atoms with Crippen molar-refractivity contribution in [2.24, 2.45) is 0 Å². The molecule has 0 aliphatic carbocycles. The first-order valence-corrected chi connectivity index (χ1v) is 7.07. The van der Waals surface area contributed by atoms with Crippen LogP contribution in [0.4, 0.5) is 0 Å². The molecule has 0 unspecified atom stereocenters. The van der Waals surface area contributed by atoms with Gasteiger partial charge in [0.1, 0.15) is 17.2 Å². The van der Waals surface area contributed by atoms with Crippen LogP contribution in [0.15, 0.2) is 30.6 Å². The normalized spacial score (nSPS) is 11.4. The third-order valence-electron chi connectivity index (χ3n) is 3.71. The first-order chi connectivity index (χ1) is 9.44. The van der Waals surface area contributed by atoms with Crippen LogP contribution >= 0.6 is 11.6 Å². The Hall–Kier alpha value is -1.61. The van der Waals surface area contributed by atoms with Crippen molar-refractivity contribution < 1.29 is 4.74 Å². The van der Waals surface area contributed by atoms with E-state index < -0.39 is 0 Å². The van der Waals surface area contributed by atoms with E-state index in [4.69, 9.17) is 16.3 Å². The molecule has 0 fully saturated rings. The van der Waals surface area contributed by atoms with Crippen LogP contribution in [0.25, 0.3) is 0 Å². The number of benzene rings is 1. The maximum atomic E-state index is 5.95. The lowest BCUT2D eigenvalue weighted by Crippen LogP contribution is -2.14. The Balaban J connectivity index is 2.21. The van der Waals surface area contributed by atoms with Gasteiger partial charge in [-0.25, -0.2) is 9.97 Å². The molecule has 4 heteroatoms. The average Bonchev–Trinajstić information content (AvgIpc) is 2.44. The molecule has 0 saturated carbocycles.